The van der Waals surface area contributed by atoms with Crippen molar-refractivity contribution < 1.29 is 14.7 Å². The predicted molar refractivity (Wildman–Crippen MR) is 60.8 cm³/mol. The van der Waals surface area contributed by atoms with Gasteiger partial charge in [-0.2, -0.15) is 0 Å². The Bertz CT molecular complexity index is 264. The smallest absolute Gasteiger partial charge is 0.294 e. The summed E-state index contributed by atoms with van der Waals surface area (Å²) < 4.78 is 0. The lowest BCUT2D eigenvalue weighted by atomic mass is 10.1. The van der Waals surface area contributed by atoms with Crippen LogP contribution in [-0.2, 0) is 9.63 Å². The number of piperidine rings is 1. The summed E-state index contributed by atoms with van der Waals surface area (Å²) in [4.78, 5) is 27.7. The van der Waals surface area contributed by atoms with Crippen LogP contribution < -0.4 is 5.32 Å². The van der Waals surface area contributed by atoms with Crippen LogP contribution in [0.15, 0.2) is 0 Å². The molecule has 0 saturated carbocycles. The van der Waals surface area contributed by atoms with Gasteiger partial charge in [0, 0.05) is 12.5 Å². The molecule has 7 heteroatoms. The zero-order chi connectivity index (χ0) is 12.7. The quantitative estimate of drug-likeness (QED) is 0.410. The van der Waals surface area contributed by atoms with E-state index in [4.69, 9.17) is 0 Å². The van der Waals surface area contributed by atoms with Crippen molar-refractivity contribution in [3.8, 4) is 0 Å². The van der Waals surface area contributed by atoms with Gasteiger partial charge < -0.3 is 15.1 Å². The Balaban J connectivity index is 2.06. The van der Waals surface area contributed by atoms with Gasteiger partial charge in [-0.05, 0) is 39.4 Å². The number of nitrogens with one attached hydrogen (secondary N) is 1. The van der Waals surface area contributed by atoms with Gasteiger partial charge in [-0.3, -0.25) is 4.79 Å². The van der Waals surface area contributed by atoms with Crippen molar-refractivity contribution in [3.63, 3.8) is 0 Å². The molecule has 1 fully saturated rings. The molecular formula is C10H19N3O4. The van der Waals surface area contributed by atoms with E-state index in [1.54, 1.807) is 0 Å². The molecule has 7 nitrogen and oxygen atoms in total. The first kappa shape index (κ1) is 13.7. The van der Waals surface area contributed by atoms with Gasteiger partial charge in [0.15, 0.2) is 0 Å². The van der Waals surface area contributed by atoms with Crippen LogP contribution in [0.5, 0.6) is 0 Å². The van der Waals surface area contributed by atoms with Crippen molar-refractivity contribution in [2.45, 2.75) is 31.7 Å². The zero-order valence-electron chi connectivity index (χ0n) is 10.1. The van der Waals surface area contributed by atoms with E-state index in [1.165, 1.54) is 0 Å². The Morgan fingerprint density at radius 3 is 2.76 bits per heavy atom. The first-order valence-corrected chi connectivity index (χ1v) is 5.83. The van der Waals surface area contributed by atoms with Gasteiger partial charge in [-0.1, -0.05) is 0 Å². The summed E-state index contributed by atoms with van der Waals surface area (Å²) in [5.74, 6) is -0.0495. The number of likely N-dealkylation sites (tertiary alicyclic amines) is 1. The predicted octanol–water partition coefficient (Wildman–Crippen LogP) is 0.185. The van der Waals surface area contributed by atoms with E-state index in [9.17, 15) is 14.9 Å². The summed E-state index contributed by atoms with van der Waals surface area (Å²) in [6.45, 7) is 1.97. The zero-order valence-corrected chi connectivity index (χ0v) is 10.1. The number of rotatable bonds is 6. The lowest BCUT2D eigenvalue weighted by Gasteiger charge is -2.29. The third-order valence-electron chi connectivity index (χ3n) is 2.83. The molecule has 0 atom stereocenters. The van der Waals surface area contributed by atoms with Crippen molar-refractivity contribution in [1.82, 2.24) is 10.2 Å². The van der Waals surface area contributed by atoms with E-state index in [2.05, 4.69) is 22.1 Å². The summed E-state index contributed by atoms with van der Waals surface area (Å²) in [7, 11) is 2.06. The van der Waals surface area contributed by atoms with Crippen molar-refractivity contribution >= 4 is 5.91 Å². The van der Waals surface area contributed by atoms with E-state index in [-0.39, 0.29) is 25.0 Å². The van der Waals surface area contributed by atoms with Crippen LogP contribution >= 0.6 is 0 Å². The van der Waals surface area contributed by atoms with Crippen LogP contribution in [0.4, 0.5) is 0 Å². The summed E-state index contributed by atoms with van der Waals surface area (Å²) in [6.07, 6.45) is 2.58. The fourth-order valence-corrected chi connectivity index (χ4v) is 1.82. The molecule has 1 amide bonds. The first-order chi connectivity index (χ1) is 8.08. The Morgan fingerprint density at radius 1 is 1.53 bits per heavy atom. The molecule has 0 aromatic heterocycles. The number of carbonyl (C=O) groups is 1. The van der Waals surface area contributed by atoms with Crippen LogP contribution in [-0.4, -0.2) is 48.7 Å². The van der Waals surface area contributed by atoms with E-state index < -0.39 is 5.09 Å². The maximum Gasteiger partial charge on any atom is 0.294 e. The van der Waals surface area contributed by atoms with Crippen LogP contribution in [0.3, 0.4) is 0 Å². The molecule has 1 aliphatic rings. The normalized spacial score (nSPS) is 17.7. The van der Waals surface area contributed by atoms with E-state index in [0.717, 1.165) is 25.9 Å². The SMILES string of the molecule is CN1CCC(NC(=O)CCCO[N+](=O)[O-])CC1. The highest BCUT2D eigenvalue weighted by molar-refractivity contribution is 5.76. The number of nitrogens with zero attached hydrogens (tertiary/aromatic N) is 2. The molecule has 0 aromatic carbocycles. The summed E-state index contributed by atoms with van der Waals surface area (Å²) in [5, 5.41) is 12.0. The highest BCUT2D eigenvalue weighted by Crippen LogP contribution is 2.08. The number of hydrogen-bond acceptors (Lipinski definition) is 5. The Kier molecular flexibility index (Phi) is 5.68. The molecule has 1 saturated heterocycles. The van der Waals surface area contributed by atoms with Crippen LogP contribution in [0.1, 0.15) is 25.7 Å². The molecular weight excluding hydrogens is 226 g/mol. The van der Waals surface area contributed by atoms with Crippen molar-refractivity contribution in [1.29, 1.82) is 0 Å². The van der Waals surface area contributed by atoms with Gasteiger partial charge in [0.2, 0.25) is 5.91 Å². The summed E-state index contributed by atoms with van der Waals surface area (Å²) >= 11 is 0. The minimum absolute atomic E-state index is 0.0200. The lowest BCUT2D eigenvalue weighted by Crippen LogP contribution is -2.43. The number of hydrogen-bond donors (Lipinski definition) is 1. The minimum atomic E-state index is -0.838. The maximum atomic E-state index is 11.5. The monoisotopic (exact) mass is 245 g/mol. The average Bonchev–Trinajstić information content (AvgIpc) is 2.27. The molecule has 0 radical (unpaired) electrons. The second-order valence-corrected chi connectivity index (χ2v) is 4.31. The van der Waals surface area contributed by atoms with Gasteiger partial charge in [-0.15, -0.1) is 10.1 Å². The Hall–Kier alpha value is -1.37. The third-order valence-corrected chi connectivity index (χ3v) is 2.83. The average molecular weight is 245 g/mol. The second-order valence-electron chi connectivity index (χ2n) is 4.31. The van der Waals surface area contributed by atoms with Gasteiger partial charge >= 0.3 is 0 Å². The van der Waals surface area contributed by atoms with Crippen LogP contribution in [0, 0.1) is 10.1 Å². The number of amides is 1. The molecule has 0 unspecified atom stereocenters. The van der Waals surface area contributed by atoms with E-state index >= 15 is 0 Å². The maximum absolute atomic E-state index is 11.5. The lowest BCUT2D eigenvalue weighted by molar-refractivity contribution is -0.757. The highest BCUT2D eigenvalue weighted by Gasteiger charge is 2.17. The van der Waals surface area contributed by atoms with E-state index in [0.29, 0.717) is 6.42 Å². The van der Waals surface area contributed by atoms with Gasteiger partial charge in [0.05, 0.1) is 6.61 Å². The molecule has 1 N–H and O–H groups in total. The van der Waals surface area contributed by atoms with Gasteiger partial charge in [0.1, 0.15) is 0 Å². The molecule has 0 bridgehead atoms. The van der Waals surface area contributed by atoms with Gasteiger partial charge in [-0.25, -0.2) is 0 Å². The van der Waals surface area contributed by atoms with Crippen molar-refractivity contribution in [2.24, 2.45) is 0 Å². The molecule has 1 rings (SSSR count). The van der Waals surface area contributed by atoms with E-state index in [1.807, 2.05) is 0 Å². The molecule has 1 heterocycles. The van der Waals surface area contributed by atoms with Crippen molar-refractivity contribution in [3.05, 3.63) is 10.1 Å². The molecule has 17 heavy (non-hydrogen) atoms. The molecule has 1 aliphatic heterocycles. The van der Waals surface area contributed by atoms with Crippen molar-refractivity contribution in [2.75, 3.05) is 26.7 Å². The minimum Gasteiger partial charge on any atom is -0.353 e. The van der Waals surface area contributed by atoms with Crippen LogP contribution in [0.2, 0.25) is 0 Å². The Morgan fingerprint density at radius 2 is 2.18 bits per heavy atom. The molecule has 0 aliphatic carbocycles. The molecule has 0 aromatic rings. The molecule has 98 valence electrons. The van der Waals surface area contributed by atoms with Gasteiger partial charge in [0.25, 0.3) is 5.09 Å². The first-order valence-electron chi connectivity index (χ1n) is 5.83. The second kappa shape index (κ2) is 7.05. The third kappa shape index (κ3) is 6.06. The molecule has 0 spiro atoms. The summed E-state index contributed by atoms with van der Waals surface area (Å²) in [6, 6.07) is 0.245. The Labute approximate surface area is 100 Å². The largest absolute Gasteiger partial charge is 0.353 e. The fourth-order valence-electron chi connectivity index (χ4n) is 1.82. The van der Waals surface area contributed by atoms with Crippen LogP contribution in [0.25, 0.3) is 0 Å². The fraction of sp³-hybridized carbons (Fsp3) is 0.900. The standard InChI is InChI=1S/C10H19N3O4/c1-12-6-4-9(5-7-12)11-10(14)3-2-8-17-13(15)16/h9H,2-8H2,1H3,(H,11,14). The topological polar surface area (TPSA) is 84.7 Å². The number of carbonyl (C=O) groups excluding carboxylic acids is 1. The summed E-state index contributed by atoms with van der Waals surface area (Å²) in [5.41, 5.74) is 0. The highest BCUT2D eigenvalue weighted by atomic mass is 16.9.